The van der Waals surface area contributed by atoms with Crippen LogP contribution in [0.5, 0.6) is 0 Å². The van der Waals surface area contributed by atoms with E-state index in [1.54, 1.807) is 24.3 Å². The molecule has 2 aromatic rings. The molecule has 0 radical (unpaired) electrons. The van der Waals surface area contributed by atoms with Gasteiger partial charge in [0.15, 0.2) is 0 Å². The van der Waals surface area contributed by atoms with E-state index in [1.807, 2.05) is 24.3 Å². The van der Waals surface area contributed by atoms with Gasteiger partial charge in [0, 0.05) is 31.3 Å². The first-order valence-corrected chi connectivity index (χ1v) is 9.11. The van der Waals surface area contributed by atoms with E-state index in [0.717, 1.165) is 12.0 Å². The molecule has 1 unspecified atom stereocenters. The van der Waals surface area contributed by atoms with Crippen molar-refractivity contribution in [3.05, 3.63) is 59.7 Å². The minimum Gasteiger partial charge on any atom is -0.388 e. The number of aryl methyl sites for hydroxylation is 1. The molecule has 0 spiro atoms. The van der Waals surface area contributed by atoms with E-state index in [-0.39, 0.29) is 12.5 Å². The van der Waals surface area contributed by atoms with E-state index in [9.17, 15) is 19.5 Å². The van der Waals surface area contributed by atoms with Crippen molar-refractivity contribution in [3.63, 3.8) is 0 Å². The summed E-state index contributed by atoms with van der Waals surface area (Å²) in [5, 5.41) is 18.4. The Balaban J connectivity index is 1.55. The molecule has 0 bridgehead atoms. The maximum absolute atomic E-state index is 12.1. The van der Waals surface area contributed by atoms with Crippen molar-refractivity contribution in [1.29, 1.82) is 0 Å². The van der Waals surface area contributed by atoms with Crippen molar-refractivity contribution in [2.45, 2.75) is 31.8 Å². The first-order chi connectivity index (χ1) is 13.3. The lowest BCUT2D eigenvalue weighted by atomic mass is 9.80. The molecule has 0 saturated heterocycles. The molecule has 0 aromatic heterocycles. The predicted octanol–water partition coefficient (Wildman–Crippen LogP) is 1.62. The Bertz CT molecular complexity index is 912. The van der Waals surface area contributed by atoms with Crippen molar-refractivity contribution in [2.24, 2.45) is 0 Å². The van der Waals surface area contributed by atoms with Crippen LogP contribution in [0.25, 0.3) is 0 Å². The molecule has 0 heterocycles. The van der Waals surface area contributed by atoms with Crippen LogP contribution in [0.4, 0.5) is 11.4 Å². The van der Waals surface area contributed by atoms with Crippen molar-refractivity contribution in [1.82, 2.24) is 5.32 Å². The van der Waals surface area contributed by atoms with E-state index in [1.165, 1.54) is 12.5 Å². The fourth-order valence-electron chi connectivity index (χ4n) is 3.33. The Morgan fingerprint density at radius 1 is 0.964 bits per heavy atom. The molecule has 4 N–H and O–H groups in total. The highest BCUT2D eigenvalue weighted by Gasteiger charge is 2.32. The molecule has 3 amide bonds. The highest BCUT2D eigenvalue weighted by Crippen LogP contribution is 2.28. The summed E-state index contributed by atoms with van der Waals surface area (Å²) in [5.74, 6) is -1.89. The molecule has 7 heteroatoms. The van der Waals surface area contributed by atoms with Crippen LogP contribution in [0.1, 0.15) is 24.5 Å². The Labute approximate surface area is 163 Å². The third-order valence-corrected chi connectivity index (χ3v) is 4.72. The molecule has 1 aliphatic rings. The molecule has 28 heavy (non-hydrogen) atoms. The van der Waals surface area contributed by atoms with Gasteiger partial charge in [-0.2, -0.15) is 0 Å². The molecular weight excluding hydrogens is 358 g/mol. The quantitative estimate of drug-likeness (QED) is 0.604. The van der Waals surface area contributed by atoms with Gasteiger partial charge in [0.1, 0.15) is 0 Å². The van der Waals surface area contributed by atoms with Crippen molar-refractivity contribution < 1.29 is 19.5 Å². The lowest BCUT2D eigenvalue weighted by Crippen LogP contribution is -2.49. The standard InChI is InChI=1S/C21H23N3O4/c1-14(25)23-17-7-4-8-18(11-17)24-20(27)19(26)22-13-21(28)10-9-15-5-2-3-6-16(15)12-21/h2-8,11,28H,9-10,12-13H2,1H3,(H,22,26)(H,23,25)(H,24,27). The Morgan fingerprint density at radius 3 is 2.36 bits per heavy atom. The molecular formula is C21H23N3O4. The molecule has 0 saturated carbocycles. The van der Waals surface area contributed by atoms with Crippen LogP contribution in [0.15, 0.2) is 48.5 Å². The van der Waals surface area contributed by atoms with Gasteiger partial charge < -0.3 is 21.1 Å². The fourth-order valence-corrected chi connectivity index (χ4v) is 3.33. The second-order valence-electron chi connectivity index (χ2n) is 7.07. The molecule has 7 nitrogen and oxygen atoms in total. The summed E-state index contributed by atoms with van der Waals surface area (Å²) in [6.45, 7) is 1.38. The summed E-state index contributed by atoms with van der Waals surface area (Å²) in [7, 11) is 0. The summed E-state index contributed by atoms with van der Waals surface area (Å²) in [6.07, 6.45) is 1.68. The third kappa shape index (κ3) is 4.95. The molecule has 1 atom stereocenters. The third-order valence-electron chi connectivity index (χ3n) is 4.72. The molecule has 3 rings (SSSR count). The van der Waals surface area contributed by atoms with Crippen LogP contribution >= 0.6 is 0 Å². The number of rotatable bonds is 4. The van der Waals surface area contributed by atoms with Gasteiger partial charge >= 0.3 is 11.8 Å². The number of fused-ring (bicyclic) bond motifs is 1. The lowest BCUT2D eigenvalue weighted by Gasteiger charge is -2.33. The second-order valence-corrected chi connectivity index (χ2v) is 7.07. The zero-order valence-electron chi connectivity index (χ0n) is 15.6. The van der Waals surface area contributed by atoms with Crippen molar-refractivity contribution in [3.8, 4) is 0 Å². The highest BCUT2D eigenvalue weighted by molar-refractivity contribution is 6.39. The molecule has 2 aromatic carbocycles. The van der Waals surface area contributed by atoms with Gasteiger partial charge in [0.2, 0.25) is 5.91 Å². The van der Waals surface area contributed by atoms with Gasteiger partial charge in [-0.25, -0.2) is 0 Å². The highest BCUT2D eigenvalue weighted by atomic mass is 16.3. The van der Waals surface area contributed by atoms with Gasteiger partial charge in [-0.05, 0) is 42.2 Å². The summed E-state index contributed by atoms with van der Waals surface area (Å²) >= 11 is 0. The fraction of sp³-hybridized carbons (Fsp3) is 0.286. The van der Waals surface area contributed by atoms with Crippen molar-refractivity contribution in [2.75, 3.05) is 17.2 Å². The van der Waals surface area contributed by atoms with Crippen LogP contribution in [0.2, 0.25) is 0 Å². The average molecular weight is 381 g/mol. The second kappa shape index (κ2) is 8.22. The minimum absolute atomic E-state index is 0.000477. The number of anilines is 2. The van der Waals surface area contributed by atoms with Crippen LogP contribution in [0.3, 0.4) is 0 Å². The van der Waals surface area contributed by atoms with E-state index in [0.29, 0.717) is 24.2 Å². The monoisotopic (exact) mass is 381 g/mol. The van der Waals surface area contributed by atoms with Gasteiger partial charge in [0.25, 0.3) is 0 Å². The molecule has 1 aliphatic carbocycles. The Morgan fingerprint density at radius 2 is 1.64 bits per heavy atom. The summed E-state index contributed by atoms with van der Waals surface area (Å²) < 4.78 is 0. The zero-order chi connectivity index (χ0) is 20.1. The minimum atomic E-state index is -1.07. The van der Waals surface area contributed by atoms with Crippen LogP contribution in [-0.4, -0.2) is 35.0 Å². The van der Waals surface area contributed by atoms with E-state index in [4.69, 9.17) is 0 Å². The lowest BCUT2D eigenvalue weighted by molar-refractivity contribution is -0.136. The molecule has 0 fully saturated rings. The van der Waals surface area contributed by atoms with E-state index < -0.39 is 17.4 Å². The van der Waals surface area contributed by atoms with Crippen LogP contribution in [0, 0.1) is 0 Å². The van der Waals surface area contributed by atoms with E-state index >= 15 is 0 Å². The first-order valence-electron chi connectivity index (χ1n) is 9.11. The number of carbonyl (C=O) groups is 3. The van der Waals surface area contributed by atoms with Crippen molar-refractivity contribution >= 4 is 29.1 Å². The number of nitrogens with one attached hydrogen (secondary N) is 3. The maximum Gasteiger partial charge on any atom is 0.313 e. The molecule has 146 valence electrons. The molecule has 0 aliphatic heterocycles. The maximum atomic E-state index is 12.1. The predicted molar refractivity (Wildman–Crippen MR) is 106 cm³/mol. The zero-order valence-corrected chi connectivity index (χ0v) is 15.6. The van der Waals surface area contributed by atoms with Crippen LogP contribution < -0.4 is 16.0 Å². The number of hydrogen-bond acceptors (Lipinski definition) is 4. The smallest absolute Gasteiger partial charge is 0.313 e. The number of benzene rings is 2. The Hall–Kier alpha value is -3.19. The Kier molecular flexibility index (Phi) is 5.75. The number of amides is 3. The number of hydrogen-bond donors (Lipinski definition) is 4. The topological polar surface area (TPSA) is 108 Å². The van der Waals surface area contributed by atoms with Gasteiger partial charge in [0.05, 0.1) is 5.60 Å². The summed E-state index contributed by atoms with van der Waals surface area (Å²) in [4.78, 5) is 35.4. The SMILES string of the molecule is CC(=O)Nc1cccc(NC(=O)C(=O)NCC2(O)CCc3ccccc3C2)c1. The summed E-state index contributed by atoms with van der Waals surface area (Å²) in [6, 6.07) is 14.4. The van der Waals surface area contributed by atoms with Crippen LogP contribution in [-0.2, 0) is 27.2 Å². The van der Waals surface area contributed by atoms with Gasteiger partial charge in [-0.15, -0.1) is 0 Å². The van der Waals surface area contributed by atoms with Gasteiger partial charge in [-0.1, -0.05) is 30.3 Å². The first kappa shape index (κ1) is 19.6. The van der Waals surface area contributed by atoms with Gasteiger partial charge in [-0.3, -0.25) is 14.4 Å². The summed E-state index contributed by atoms with van der Waals surface area (Å²) in [5.41, 5.74) is 2.09. The average Bonchev–Trinajstić information content (AvgIpc) is 2.66. The number of aliphatic hydroxyl groups is 1. The normalized spacial score (nSPS) is 17.9. The van der Waals surface area contributed by atoms with E-state index in [2.05, 4.69) is 16.0 Å². The largest absolute Gasteiger partial charge is 0.388 e. The number of carbonyl (C=O) groups excluding carboxylic acids is 3.